The summed E-state index contributed by atoms with van der Waals surface area (Å²) in [5.41, 5.74) is 0.00858. The van der Waals surface area contributed by atoms with Crippen molar-refractivity contribution < 1.29 is 23.9 Å². The van der Waals surface area contributed by atoms with E-state index in [-0.39, 0.29) is 24.2 Å². The van der Waals surface area contributed by atoms with Gasteiger partial charge in [-0.15, -0.1) is 0 Å². The lowest BCUT2D eigenvalue weighted by Gasteiger charge is -2.48. The summed E-state index contributed by atoms with van der Waals surface area (Å²) in [4.78, 5) is 41.5. The first-order chi connectivity index (χ1) is 17.5. The van der Waals surface area contributed by atoms with Gasteiger partial charge in [-0.05, 0) is 51.9 Å². The smallest absolute Gasteiger partial charge is 0.318 e. The van der Waals surface area contributed by atoms with E-state index in [2.05, 4.69) is 25.2 Å². The maximum atomic E-state index is 13.6. The van der Waals surface area contributed by atoms with Gasteiger partial charge in [0, 0.05) is 44.3 Å². The molecule has 0 bridgehead atoms. The van der Waals surface area contributed by atoms with Gasteiger partial charge in [0.15, 0.2) is 0 Å². The molecule has 2 rings (SSSR count). The number of nitrogens with one attached hydrogen (secondary N) is 1. The summed E-state index contributed by atoms with van der Waals surface area (Å²) in [7, 11) is 0. The number of carbonyl (C=O) groups excluding carboxylic acids is 3. The number of piperidine rings is 1. The van der Waals surface area contributed by atoms with Gasteiger partial charge in [0.05, 0.1) is 6.61 Å². The van der Waals surface area contributed by atoms with Crippen molar-refractivity contribution in [3.8, 4) is 0 Å². The highest BCUT2D eigenvalue weighted by molar-refractivity contribution is 5.92. The number of hydrogen-bond acceptors (Lipinski definition) is 5. The number of unbranched alkanes of at least 4 members (excludes halogenated alkanes) is 6. The third-order valence-corrected chi connectivity index (χ3v) is 7.40. The van der Waals surface area contributed by atoms with Gasteiger partial charge >= 0.3 is 5.97 Å². The average molecular weight is 507 g/mol. The fraction of sp³-hybridized carbons (Fsp3) is 0.828. The third-order valence-electron chi connectivity index (χ3n) is 7.40. The van der Waals surface area contributed by atoms with E-state index < -0.39 is 11.3 Å². The molecule has 0 spiro atoms. The van der Waals surface area contributed by atoms with Crippen LogP contribution in [0.4, 0.5) is 0 Å². The largest absolute Gasteiger partial charge is 0.465 e. The molecule has 2 amide bonds. The second-order valence-electron chi connectivity index (χ2n) is 10.3. The van der Waals surface area contributed by atoms with Gasteiger partial charge in [0.2, 0.25) is 11.8 Å². The Hall–Kier alpha value is -1.89. The molecule has 1 N–H and O–H groups in total. The molecular weight excluding hydrogens is 456 g/mol. The van der Waals surface area contributed by atoms with Crippen molar-refractivity contribution in [3.63, 3.8) is 0 Å². The fourth-order valence-electron chi connectivity index (χ4n) is 5.43. The summed E-state index contributed by atoms with van der Waals surface area (Å²) in [6, 6.07) is 0. The van der Waals surface area contributed by atoms with Crippen molar-refractivity contribution >= 4 is 17.8 Å². The molecule has 7 heteroatoms. The molecule has 1 heterocycles. The molecule has 0 aromatic heterocycles. The van der Waals surface area contributed by atoms with Gasteiger partial charge in [-0.2, -0.15) is 0 Å². The molecule has 1 aliphatic carbocycles. The molecule has 1 saturated heterocycles. The molecule has 0 unspecified atom stereocenters. The van der Waals surface area contributed by atoms with Gasteiger partial charge in [0.25, 0.3) is 0 Å². The first-order valence-electron chi connectivity index (χ1n) is 14.5. The van der Waals surface area contributed by atoms with Crippen LogP contribution in [0, 0.1) is 11.3 Å². The Bertz CT molecular complexity index is 722. The predicted octanol–water partition coefficient (Wildman–Crippen LogP) is 5.53. The first kappa shape index (κ1) is 30.3. The van der Waals surface area contributed by atoms with Crippen LogP contribution in [-0.4, -0.2) is 55.6 Å². The van der Waals surface area contributed by atoms with E-state index in [0.717, 1.165) is 63.7 Å². The summed E-state index contributed by atoms with van der Waals surface area (Å²) in [6.07, 6.45) is 14.6. The van der Waals surface area contributed by atoms with E-state index in [1.165, 1.54) is 19.3 Å². The van der Waals surface area contributed by atoms with Crippen molar-refractivity contribution in [2.75, 3.05) is 32.9 Å². The van der Waals surface area contributed by atoms with E-state index >= 15 is 0 Å². The molecule has 206 valence electrons. The fourth-order valence-corrected chi connectivity index (χ4v) is 5.43. The molecule has 0 radical (unpaired) electrons. The zero-order valence-electron chi connectivity index (χ0n) is 23.1. The van der Waals surface area contributed by atoms with Crippen molar-refractivity contribution in [2.24, 2.45) is 11.3 Å². The number of hydrogen-bond donors (Lipinski definition) is 1. The van der Waals surface area contributed by atoms with Crippen molar-refractivity contribution in [2.45, 2.75) is 111 Å². The van der Waals surface area contributed by atoms with E-state index in [1.54, 1.807) is 0 Å². The van der Waals surface area contributed by atoms with E-state index in [0.29, 0.717) is 39.1 Å². The Morgan fingerprint density at radius 2 is 1.75 bits per heavy atom. The number of ether oxygens (including phenoxy) is 2. The maximum absolute atomic E-state index is 13.6. The van der Waals surface area contributed by atoms with E-state index in [9.17, 15) is 14.4 Å². The minimum Gasteiger partial charge on any atom is -0.465 e. The normalized spacial score (nSPS) is 21.6. The van der Waals surface area contributed by atoms with Gasteiger partial charge in [-0.1, -0.05) is 58.4 Å². The number of likely N-dealkylation sites (tertiary alicyclic amines) is 1. The molecule has 2 atom stereocenters. The number of carbonyl (C=O) groups is 3. The predicted molar refractivity (Wildman–Crippen MR) is 142 cm³/mol. The van der Waals surface area contributed by atoms with Crippen molar-refractivity contribution in [1.29, 1.82) is 0 Å². The molecule has 1 aliphatic heterocycles. The molecular formula is C29H50N2O5. The van der Waals surface area contributed by atoms with Crippen molar-refractivity contribution in [3.05, 3.63) is 11.8 Å². The molecule has 0 aromatic carbocycles. The van der Waals surface area contributed by atoms with E-state index in [1.807, 2.05) is 11.8 Å². The minimum atomic E-state index is -0.817. The first-order valence-corrected chi connectivity index (χ1v) is 14.5. The van der Waals surface area contributed by atoms with Crippen LogP contribution in [0.1, 0.15) is 111 Å². The number of allylic oxidation sites excluding steroid dienone is 1. The van der Waals surface area contributed by atoms with Crippen LogP contribution in [-0.2, 0) is 23.9 Å². The SMILES string of the molecule is CCCCCCCCN1C(=O)[C@H](CC(=O)NCCCOCCCC)C[C@@]2(C(=O)OCC)CCCC=C12. The van der Waals surface area contributed by atoms with Crippen LogP contribution < -0.4 is 5.32 Å². The van der Waals surface area contributed by atoms with Gasteiger partial charge in [0.1, 0.15) is 5.41 Å². The van der Waals surface area contributed by atoms with Gasteiger partial charge < -0.3 is 19.7 Å². The van der Waals surface area contributed by atoms with Crippen LogP contribution >= 0.6 is 0 Å². The highest BCUT2D eigenvalue weighted by atomic mass is 16.5. The van der Waals surface area contributed by atoms with Gasteiger partial charge in [-0.25, -0.2) is 0 Å². The molecule has 36 heavy (non-hydrogen) atoms. The lowest BCUT2D eigenvalue weighted by molar-refractivity contribution is -0.162. The maximum Gasteiger partial charge on any atom is 0.318 e. The standard InChI is InChI=1S/C29H50N2O5/c1-4-7-9-10-11-14-19-31-25-16-12-13-17-29(25,28(34)36-6-3)23-24(27(31)33)22-26(32)30-18-15-21-35-20-8-5-2/h16,24H,4-15,17-23H2,1-3H3,(H,30,32)/t24-,29+/m1/s1. The minimum absolute atomic E-state index is 0.0188. The van der Waals surface area contributed by atoms with Crippen LogP contribution in [0.2, 0.25) is 0 Å². The Balaban J connectivity index is 2.04. The number of nitrogens with zero attached hydrogens (tertiary/aromatic N) is 1. The lowest BCUT2D eigenvalue weighted by atomic mass is 9.66. The average Bonchev–Trinajstić information content (AvgIpc) is 2.87. The summed E-state index contributed by atoms with van der Waals surface area (Å²) in [5.74, 6) is -0.907. The zero-order chi connectivity index (χ0) is 26.2. The zero-order valence-corrected chi connectivity index (χ0v) is 23.1. The highest BCUT2D eigenvalue weighted by Gasteiger charge is 2.54. The Kier molecular flexibility index (Phi) is 14.1. The van der Waals surface area contributed by atoms with Crippen LogP contribution in [0.3, 0.4) is 0 Å². The summed E-state index contributed by atoms with van der Waals surface area (Å²) in [5, 5.41) is 2.95. The Labute approximate surface area is 218 Å². The molecule has 0 aromatic rings. The Morgan fingerprint density at radius 1 is 1.03 bits per heavy atom. The third kappa shape index (κ3) is 8.89. The number of rotatable bonds is 18. The van der Waals surface area contributed by atoms with Gasteiger partial charge in [-0.3, -0.25) is 14.4 Å². The second-order valence-corrected chi connectivity index (χ2v) is 10.3. The lowest BCUT2D eigenvalue weighted by Crippen LogP contribution is -2.54. The topological polar surface area (TPSA) is 84.9 Å². The monoisotopic (exact) mass is 506 g/mol. The van der Waals surface area contributed by atoms with Crippen LogP contribution in [0.5, 0.6) is 0 Å². The van der Waals surface area contributed by atoms with E-state index in [4.69, 9.17) is 9.47 Å². The quantitative estimate of drug-likeness (QED) is 0.195. The number of fused-ring (bicyclic) bond motifs is 1. The molecule has 1 fully saturated rings. The summed E-state index contributed by atoms with van der Waals surface area (Å²) in [6.45, 7) is 8.96. The van der Waals surface area contributed by atoms with Crippen LogP contribution in [0.25, 0.3) is 0 Å². The second kappa shape index (κ2) is 16.8. The van der Waals surface area contributed by atoms with Crippen LogP contribution in [0.15, 0.2) is 11.8 Å². The highest BCUT2D eigenvalue weighted by Crippen LogP contribution is 2.50. The van der Waals surface area contributed by atoms with Crippen molar-refractivity contribution in [1.82, 2.24) is 10.2 Å². The molecule has 2 aliphatic rings. The summed E-state index contributed by atoms with van der Waals surface area (Å²) >= 11 is 0. The number of amides is 2. The Morgan fingerprint density at radius 3 is 2.50 bits per heavy atom. The molecule has 7 nitrogen and oxygen atoms in total. The molecule has 0 saturated carbocycles. The summed E-state index contributed by atoms with van der Waals surface area (Å²) < 4.78 is 11.1. The number of esters is 1.